The van der Waals surface area contributed by atoms with Crippen LogP contribution in [0.3, 0.4) is 0 Å². The number of hydrogen-bond acceptors (Lipinski definition) is 6. The van der Waals surface area contributed by atoms with Gasteiger partial charge in [-0.05, 0) is 41.0 Å². The van der Waals surface area contributed by atoms with Crippen LogP contribution in [0.2, 0.25) is 0 Å². The summed E-state index contributed by atoms with van der Waals surface area (Å²) in [6, 6.07) is 21.7. The number of nitrogens with zero attached hydrogens (tertiary/aromatic N) is 5. The number of alkyl halides is 3. The topological polar surface area (TPSA) is 98.2 Å². The van der Waals surface area contributed by atoms with Crippen molar-refractivity contribution in [1.29, 1.82) is 0 Å². The zero-order chi connectivity index (χ0) is 29.7. The lowest BCUT2D eigenvalue weighted by Crippen LogP contribution is -2.46. The molecular formula is C30H26F4N6O2. The molecule has 1 aliphatic rings. The van der Waals surface area contributed by atoms with Gasteiger partial charge in [0.1, 0.15) is 17.5 Å². The average molecular weight is 579 g/mol. The molecule has 0 bridgehead atoms. The highest BCUT2D eigenvalue weighted by atomic mass is 19.4. The van der Waals surface area contributed by atoms with Gasteiger partial charge in [-0.15, -0.1) is 0 Å². The van der Waals surface area contributed by atoms with E-state index in [4.69, 9.17) is 9.90 Å². The Morgan fingerprint density at radius 1 is 0.905 bits per heavy atom. The fraction of sp³-hybridized carbons (Fsp3) is 0.200. The summed E-state index contributed by atoms with van der Waals surface area (Å²) in [4.78, 5) is 30.1. The van der Waals surface area contributed by atoms with Gasteiger partial charge in [-0.25, -0.2) is 19.2 Å². The van der Waals surface area contributed by atoms with Crippen molar-refractivity contribution in [1.82, 2.24) is 24.8 Å². The Kier molecular flexibility index (Phi) is 8.43. The Morgan fingerprint density at radius 2 is 1.62 bits per heavy atom. The second-order valence-electron chi connectivity index (χ2n) is 9.65. The maximum Gasteiger partial charge on any atom is 0.490 e. The molecule has 0 radical (unpaired) electrons. The molecule has 3 heterocycles. The molecule has 0 amide bonds. The molecule has 0 atom stereocenters. The van der Waals surface area contributed by atoms with Gasteiger partial charge in [0.25, 0.3) is 0 Å². The van der Waals surface area contributed by atoms with E-state index in [-0.39, 0.29) is 5.82 Å². The molecule has 1 fully saturated rings. The number of fused-ring (bicyclic) bond motifs is 1. The Bertz CT molecular complexity index is 1650. The van der Waals surface area contributed by atoms with E-state index in [2.05, 4.69) is 66.1 Å². The molecule has 216 valence electrons. The number of anilines is 1. The number of H-pyrrole nitrogens is 1. The van der Waals surface area contributed by atoms with Crippen molar-refractivity contribution in [3.05, 3.63) is 96.7 Å². The number of piperazine rings is 1. The second-order valence-corrected chi connectivity index (χ2v) is 9.65. The highest BCUT2D eigenvalue weighted by molar-refractivity contribution is 5.80. The van der Waals surface area contributed by atoms with Crippen molar-refractivity contribution >= 4 is 22.8 Å². The van der Waals surface area contributed by atoms with E-state index in [9.17, 15) is 17.6 Å². The first-order valence-corrected chi connectivity index (χ1v) is 13.0. The molecular weight excluding hydrogens is 552 g/mol. The molecule has 6 rings (SSSR count). The van der Waals surface area contributed by atoms with Crippen LogP contribution in [-0.4, -0.2) is 68.3 Å². The third kappa shape index (κ3) is 7.07. The highest BCUT2D eigenvalue weighted by Crippen LogP contribution is 2.27. The van der Waals surface area contributed by atoms with E-state index in [1.807, 2.05) is 18.3 Å². The summed E-state index contributed by atoms with van der Waals surface area (Å²) in [5, 5.41) is 7.12. The van der Waals surface area contributed by atoms with Crippen molar-refractivity contribution in [3.63, 3.8) is 0 Å². The quantitative estimate of drug-likeness (QED) is 0.255. The van der Waals surface area contributed by atoms with Gasteiger partial charge in [-0.1, -0.05) is 42.5 Å². The Labute approximate surface area is 238 Å². The largest absolute Gasteiger partial charge is 0.490 e. The molecule has 0 aliphatic carbocycles. The fourth-order valence-electron chi connectivity index (χ4n) is 4.62. The number of rotatable bonds is 5. The van der Waals surface area contributed by atoms with E-state index < -0.39 is 12.1 Å². The summed E-state index contributed by atoms with van der Waals surface area (Å²) in [5.41, 5.74) is 6.02. The molecule has 1 saturated heterocycles. The van der Waals surface area contributed by atoms with E-state index in [0.717, 1.165) is 66.6 Å². The minimum Gasteiger partial charge on any atom is -0.475 e. The lowest BCUT2D eigenvalue weighted by molar-refractivity contribution is -0.192. The maximum atomic E-state index is 13.5. The van der Waals surface area contributed by atoms with Crippen molar-refractivity contribution in [2.24, 2.45) is 0 Å². The van der Waals surface area contributed by atoms with Crippen molar-refractivity contribution in [3.8, 4) is 22.5 Å². The van der Waals surface area contributed by atoms with E-state index in [1.54, 1.807) is 18.5 Å². The molecule has 1 aliphatic heterocycles. The van der Waals surface area contributed by atoms with Crippen LogP contribution < -0.4 is 4.90 Å². The number of aliphatic carboxylic acids is 1. The molecule has 42 heavy (non-hydrogen) atoms. The molecule has 2 aromatic heterocycles. The van der Waals surface area contributed by atoms with Crippen LogP contribution in [0, 0.1) is 5.82 Å². The first kappa shape index (κ1) is 28.7. The van der Waals surface area contributed by atoms with Crippen LogP contribution in [0.15, 0.2) is 85.3 Å². The number of aromatic amines is 1. The average Bonchev–Trinajstić information content (AvgIpc) is 3.42. The number of halogens is 4. The van der Waals surface area contributed by atoms with Crippen LogP contribution in [0.1, 0.15) is 5.56 Å². The number of benzene rings is 3. The van der Waals surface area contributed by atoms with Gasteiger partial charge in [0.15, 0.2) is 0 Å². The summed E-state index contributed by atoms with van der Waals surface area (Å²) in [5.74, 6) is -1.33. The fourth-order valence-corrected chi connectivity index (χ4v) is 4.62. The van der Waals surface area contributed by atoms with Gasteiger partial charge >= 0.3 is 12.1 Å². The van der Waals surface area contributed by atoms with Gasteiger partial charge in [-0.2, -0.15) is 13.2 Å². The van der Waals surface area contributed by atoms with Gasteiger partial charge in [-0.3, -0.25) is 9.88 Å². The van der Waals surface area contributed by atoms with Crippen LogP contribution >= 0.6 is 0 Å². The van der Waals surface area contributed by atoms with Crippen molar-refractivity contribution in [2.75, 3.05) is 31.1 Å². The van der Waals surface area contributed by atoms with Crippen LogP contribution in [0.25, 0.3) is 33.5 Å². The Morgan fingerprint density at radius 3 is 2.29 bits per heavy atom. The predicted octanol–water partition coefficient (Wildman–Crippen LogP) is 5.78. The standard InChI is InChI=1S/C28H25FN6.C2HF3O2/c29-24-8-9-25-26(17-24)33-28(32-25)23-3-1-2-22(16-23)21-6-4-20(5-7-21)19-34-12-14-35(15-13-34)27-18-30-10-11-31-27;3-2(4,5)1(6)7/h1-11,16-18H,12-15,19H2,(H,32,33);(H,6,7). The maximum absolute atomic E-state index is 13.5. The van der Waals surface area contributed by atoms with Crippen LogP contribution in [-0.2, 0) is 11.3 Å². The molecule has 2 N–H and O–H groups in total. The molecule has 0 saturated carbocycles. The Balaban J connectivity index is 0.000000451. The zero-order valence-corrected chi connectivity index (χ0v) is 22.2. The van der Waals surface area contributed by atoms with Gasteiger partial charge in [0.05, 0.1) is 17.2 Å². The minimum atomic E-state index is -5.08. The normalized spacial score (nSPS) is 14.0. The zero-order valence-electron chi connectivity index (χ0n) is 22.2. The van der Waals surface area contributed by atoms with Gasteiger partial charge in [0.2, 0.25) is 0 Å². The van der Waals surface area contributed by atoms with E-state index in [1.165, 1.54) is 17.7 Å². The number of nitrogens with one attached hydrogen (secondary N) is 1. The summed E-state index contributed by atoms with van der Waals surface area (Å²) < 4.78 is 45.3. The summed E-state index contributed by atoms with van der Waals surface area (Å²) in [6.45, 7) is 4.85. The molecule has 3 aromatic carbocycles. The number of carbonyl (C=O) groups is 1. The molecule has 8 nitrogen and oxygen atoms in total. The van der Waals surface area contributed by atoms with Crippen molar-refractivity contribution < 1.29 is 27.5 Å². The molecule has 5 aromatic rings. The first-order valence-electron chi connectivity index (χ1n) is 13.0. The smallest absolute Gasteiger partial charge is 0.475 e. The third-order valence-corrected chi connectivity index (χ3v) is 6.76. The van der Waals surface area contributed by atoms with Crippen LogP contribution in [0.5, 0.6) is 0 Å². The summed E-state index contributed by atoms with van der Waals surface area (Å²) in [6.07, 6.45) is 0.203. The third-order valence-electron chi connectivity index (χ3n) is 6.76. The monoisotopic (exact) mass is 578 g/mol. The number of carboxylic acid groups (broad SMARTS) is 1. The SMILES string of the molecule is Fc1ccc2nc(-c3cccc(-c4ccc(CN5CCN(c6cnccn6)CC5)cc4)c3)[nH]c2c1.O=C(O)C(F)(F)F. The van der Waals surface area contributed by atoms with Crippen molar-refractivity contribution in [2.45, 2.75) is 12.7 Å². The first-order chi connectivity index (χ1) is 20.2. The molecule has 0 unspecified atom stereocenters. The minimum absolute atomic E-state index is 0.270. The van der Waals surface area contributed by atoms with Gasteiger partial charge < -0.3 is 15.0 Å². The number of carboxylic acids is 1. The van der Waals surface area contributed by atoms with E-state index >= 15 is 0 Å². The summed E-state index contributed by atoms with van der Waals surface area (Å²) in [7, 11) is 0. The number of imidazole rings is 1. The number of aromatic nitrogens is 4. The Hall–Kier alpha value is -4.84. The van der Waals surface area contributed by atoms with Crippen LogP contribution in [0.4, 0.5) is 23.4 Å². The lowest BCUT2D eigenvalue weighted by atomic mass is 10.0. The molecule has 12 heteroatoms. The molecule has 0 spiro atoms. The lowest BCUT2D eigenvalue weighted by Gasteiger charge is -2.35. The van der Waals surface area contributed by atoms with Gasteiger partial charge in [0, 0.05) is 50.7 Å². The predicted molar refractivity (Wildman–Crippen MR) is 150 cm³/mol. The number of hydrogen-bond donors (Lipinski definition) is 2. The summed E-state index contributed by atoms with van der Waals surface area (Å²) >= 11 is 0. The highest BCUT2D eigenvalue weighted by Gasteiger charge is 2.38. The van der Waals surface area contributed by atoms with E-state index in [0.29, 0.717) is 5.52 Å². The second kappa shape index (κ2) is 12.4.